The van der Waals surface area contributed by atoms with Crippen LogP contribution in [0.25, 0.3) is 0 Å². The summed E-state index contributed by atoms with van der Waals surface area (Å²) in [7, 11) is 0. The third-order valence-corrected chi connectivity index (χ3v) is 6.16. The maximum Gasteiger partial charge on any atom is 0.0426 e. The van der Waals surface area contributed by atoms with Crippen molar-refractivity contribution in [3.8, 4) is 0 Å². The lowest BCUT2D eigenvalue weighted by Gasteiger charge is -2.30. The van der Waals surface area contributed by atoms with Crippen molar-refractivity contribution in [3.63, 3.8) is 0 Å². The molecule has 0 saturated heterocycles. The van der Waals surface area contributed by atoms with Crippen LogP contribution in [0.1, 0.15) is 65.2 Å². The van der Waals surface area contributed by atoms with Gasteiger partial charge < -0.3 is 0 Å². The number of fused-ring (bicyclic) bond motifs is 1. The molecule has 2 aliphatic carbocycles. The fraction of sp³-hybridized carbons (Fsp3) is 0.481. The lowest BCUT2D eigenvalue weighted by molar-refractivity contribution is 0.405. The average Bonchev–Trinajstić information content (AvgIpc) is 2.66. The fourth-order valence-corrected chi connectivity index (χ4v) is 4.72. The predicted octanol–water partition coefficient (Wildman–Crippen LogP) is 7.46. The van der Waals surface area contributed by atoms with Gasteiger partial charge in [-0.1, -0.05) is 63.1 Å². The van der Waals surface area contributed by atoms with Crippen LogP contribution in [-0.4, -0.2) is 12.8 Å². The summed E-state index contributed by atoms with van der Waals surface area (Å²) in [6.45, 7) is 13.5. The molecular formula is C27H35N. The highest BCUT2D eigenvalue weighted by molar-refractivity contribution is 5.61. The Labute approximate surface area is 171 Å². The first-order chi connectivity index (χ1) is 13.6. The average molecular weight is 374 g/mol. The Morgan fingerprint density at radius 2 is 2.07 bits per heavy atom. The van der Waals surface area contributed by atoms with E-state index in [1.807, 2.05) is 6.08 Å². The molecule has 1 aliphatic heterocycles. The predicted molar refractivity (Wildman–Crippen MR) is 123 cm³/mol. The zero-order valence-electron chi connectivity index (χ0n) is 17.8. The van der Waals surface area contributed by atoms with Gasteiger partial charge in [0.05, 0.1) is 0 Å². The van der Waals surface area contributed by atoms with E-state index >= 15 is 0 Å². The first-order valence-electron chi connectivity index (χ1n) is 11.0. The lowest BCUT2D eigenvalue weighted by atomic mass is 9.75. The Bertz CT molecular complexity index is 799. The molecule has 1 saturated carbocycles. The minimum atomic E-state index is 0.454. The topological polar surface area (TPSA) is 12.4 Å². The molecule has 0 aromatic rings. The van der Waals surface area contributed by atoms with Crippen molar-refractivity contribution >= 4 is 6.21 Å². The molecule has 0 aromatic heterocycles. The van der Waals surface area contributed by atoms with E-state index in [4.69, 9.17) is 0 Å². The van der Waals surface area contributed by atoms with Gasteiger partial charge in [-0.3, -0.25) is 4.99 Å². The smallest absolute Gasteiger partial charge is 0.0426 e. The highest BCUT2D eigenvalue weighted by atomic mass is 14.7. The van der Waals surface area contributed by atoms with E-state index in [2.05, 4.69) is 62.2 Å². The molecule has 3 rings (SSSR count). The van der Waals surface area contributed by atoms with Crippen LogP contribution in [0.2, 0.25) is 0 Å². The van der Waals surface area contributed by atoms with E-state index in [1.54, 1.807) is 5.57 Å². The number of rotatable bonds is 4. The Kier molecular flexibility index (Phi) is 7.29. The van der Waals surface area contributed by atoms with E-state index < -0.39 is 0 Å². The standard InChI is InChI=1S/C27H35N/c1-5-9-22-12-13-25-21(4)14-16-28-17-15-26(25)27(19-24(22)18-20(2)3)23-10-7-6-8-11-23/h5,9,12,16,19,21,23H,1-2,6-8,10-11,14-15,17-18H2,3-4H3. The second-order valence-corrected chi connectivity index (χ2v) is 8.61. The van der Waals surface area contributed by atoms with Crippen molar-refractivity contribution in [2.45, 2.75) is 65.2 Å². The van der Waals surface area contributed by atoms with Gasteiger partial charge in [-0.05, 0) is 85.4 Å². The second kappa shape index (κ2) is 9.89. The van der Waals surface area contributed by atoms with Crippen molar-refractivity contribution in [3.05, 3.63) is 76.6 Å². The zero-order valence-corrected chi connectivity index (χ0v) is 17.8. The third kappa shape index (κ3) is 5.03. The van der Waals surface area contributed by atoms with Crippen LogP contribution >= 0.6 is 0 Å². The Morgan fingerprint density at radius 3 is 2.79 bits per heavy atom. The summed E-state index contributed by atoms with van der Waals surface area (Å²) in [6, 6.07) is 0. The Balaban J connectivity index is 2.22. The summed E-state index contributed by atoms with van der Waals surface area (Å²) >= 11 is 0. The van der Waals surface area contributed by atoms with Crippen LogP contribution in [0.4, 0.5) is 0 Å². The Morgan fingerprint density at radius 1 is 1.29 bits per heavy atom. The molecule has 148 valence electrons. The quantitative estimate of drug-likeness (QED) is 0.358. The molecule has 28 heavy (non-hydrogen) atoms. The van der Waals surface area contributed by atoms with E-state index in [-0.39, 0.29) is 0 Å². The fourth-order valence-electron chi connectivity index (χ4n) is 4.72. The molecule has 0 radical (unpaired) electrons. The highest BCUT2D eigenvalue weighted by Crippen LogP contribution is 2.40. The van der Waals surface area contributed by atoms with Gasteiger partial charge >= 0.3 is 0 Å². The molecule has 0 N–H and O–H groups in total. The summed E-state index contributed by atoms with van der Waals surface area (Å²) in [5, 5.41) is 0. The van der Waals surface area contributed by atoms with E-state index in [0.717, 1.165) is 25.8 Å². The largest absolute Gasteiger partial charge is 0.297 e. The molecule has 1 atom stereocenters. The summed E-state index contributed by atoms with van der Waals surface area (Å²) < 4.78 is 0. The van der Waals surface area contributed by atoms with Crippen molar-refractivity contribution in [1.82, 2.24) is 0 Å². The maximum absolute atomic E-state index is 4.65. The molecular weight excluding hydrogens is 338 g/mol. The van der Waals surface area contributed by atoms with Crippen LogP contribution in [-0.2, 0) is 0 Å². The van der Waals surface area contributed by atoms with Gasteiger partial charge in [0.15, 0.2) is 0 Å². The van der Waals surface area contributed by atoms with Crippen molar-refractivity contribution < 1.29 is 0 Å². The van der Waals surface area contributed by atoms with E-state index in [9.17, 15) is 0 Å². The minimum Gasteiger partial charge on any atom is -0.297 e. The lowest BCUT2D eigenvalue weighted by Crippen LogP contribution is -2.16. The maximum atomic E-state index is 4.65. The van der Waals surface area contributed by atoms with Gasteiger partial charge in [-0.2, -0.15) is 0 Å². The van der Waals surface area contributed by atoms with Gasteiger partial charge in [0, 0.05) is 12.1 Å². The molecule has 1 fully saturated rings. The molecule has 1 unspecified atom stereocenters. The molecule has 1 heteroatoms. The molecule has 0 spiro atoms. The number of allylic oxidation sites excluding steroid dienone is 8. The minimum absolute atomic E-state index is 0.454. The van der Waals surface area contributed by atoms with Gasteiger partial charge in [0.1, 0.15) is 0 Å². The van der Waals surface area contributed by atoms with Gasteiger partial charge in [-0.15, -0.1) is 5.73 Å². The van der Waals surface area contributed by atoms with Crippen LogP contribution in [0.5, 0.6) is 0 Å². The monoisotopic (exact) mass is 373 g/mol. The van der Waals surface area contributed by atoms with E-state index in [1.165, 1.54) is 60.0 Å². The number of nitrogens with zero attached hydrogens (tertiary/aromatic N) is 1. The number of hydrogen-bond acceptors (Lipinski definition) is 1. The van der Waals surface area contributed by atoms with Gasteiger partial charge in [-0.25, -0.2) is 0 Å². The molecule has 1 heterocycles. The molecule has 3 aliphatic rings. The molecule has 0 bridgehead atoms. The Hall–Kier alpha value is -2.11. The van der Waals surface area contributed by atoms with Crippen LogP contribution < -0.4 is 0 Å². The molecule has 0 amide bonds. The highest BCUT2D eigenvalue weighted by Gasteiger charge is 2.25. The number of hydrogen-bond donors (Lipinski definition) is 0. The van der Waals surface area contributed by atoms with E-state index in [0.29, 0.717) is 11.8 Å². The van der Waals surface area contributed by atoms with Crippen LogP contribution in [0, 0.1) is 11.8 Å². The molecule has 0 aromatic carbocycles. The summed E-state index contributed by atoms with van der Waals surface area (Å²) in [4.78, 5) is 4.65. The van der Waals surface area contributed by atoms with Crippen LogP contribution in [0.3, 0.4) is 0 Å². The van der Waals surface area contributed by atoms with Gasteiger partial charge in [0.2, 0.25) is 0 Å². The SMILES string of the molecule is C=CC=C1C=C=C2C(=C(C3CCCCC3)C=C1CC(=C)C)CCN=CCC2C. The summed E-state index contributed by atoms with van der Waals surface area (Å²) in [5.74, 6) is 1.12. The second-order valence-electron chi connectivity index (χ2n) is 8.61. The normalized spacial score (nSPS) is 25.2. The summed E-state index contributed by atoms with van der Waals surface area (Å²) in [5.41, 5.74) is 12.0. The zero-order chi connectivity index (χ0) is 19.9. The van der Waals surface area contributed by atoms with Crippen molar-refractivity contribution in [2.75, 3.05) is 6.54 Å². The summed E-state index contributed by atoms with van der Waals surface area (Å²) in [6.07, 6.45) is 20.5. The van der Waals surface area contributed by atoms with Crippen molar-refractivity contribution in [1.29, 1.82) is 0 Å². The number of aliphatic imine (C=N–C) groups is 1. The molecule has 1 nitrogen and oxygen atoms in total. The first-order valence-corrected chi connectivity index (χ1v) is 11.0. The van der Waals surface area contributed by atoms with Crippen molar-refractivity contribution in [2.24, 2.45) is 16.8 Å². The third-order valence-electron chi connectivity index (χ3n) is 6.16. The first kappa shape index (κ1) is 20.6. The van der Waals surface area contributed by atoms with Crippen LogP contribution in [0.15, 0.2) is 81.6 Å². The van der Waals surface area contributed by atoms with Gasteiger partial charge in [0.25, 0.3) is 0 Å².